The second-order valence-corrected chi connectivity index (χ2v) is 5.06. The number of furan rings is 1. The third-order valence-corrected chi connectivity index (χ3v) is 2.12. The molecule has 0 aromatic carbocycles. The van der Waals surface area contributed by atoms with E-state index in [1.165, 1.54) is 0 Å². The lowest BCUT2D eigenvalue weighted by atomic mass is 10.1. The summed E-state index contributed by atoms with van der Waals surface area (Å²) in [6.45, 7) is 7.26. The molecule has 1 atom stereocenters. The summed E-state index contributed by atoms with van der Waals surface area (Å²) in [5.74, 6) is 0.336. The van der Waals surface area contributed by atoms with Crippen LogP contribution in [-0.4, -0.2) is 17.9 Å². The maximum Gasteiger partial charge on any atom is 0.309 e. The summed E-state index contributed by atoms with van der Waals surface area (Å²) in [6.07, 6.45) is 1.07. The fourth-order valence-corrected chi connectivity index (χ4v) is 1.36. The highest BCUT2D eigenvalue weighted by atomic mass is 16.6. The number of rotatable bonds is 4. The highest BCUT2D eigenvalue weighted by Gasteiger charge is 2.22. The maximum atomic E-state index is 11.7. The van der Waals surface area contributed by atoms with Gasteiger partial charge < -0.3 is 9.15 Å². The van der Waals surface area contributed by atoms with E-state index in [-0.39, 0.29) is 17.6 Å². The maximum absolute atomic E-state index is 11.7. The van der Waals surface area contributed by atoms with Crippen molar-refractivity contribution in [3.63, 3.8) is 0 Å². The van der Waals surface area contributed by atoms with Crippen LogP contribution in [0.5, 0.6) is 0 Å². The fourth-order valence-electron chi connectivity index (χ4n) is 1.36. The minimum absolute atomic E-state index is 0.262. The van der Waals surface area contributed by atoms with Crippen LogP contribution in [0.4, 0.5) is 0 Å². The van der Waals surface area contributed by atoms with Crippen LogP contribution in [0, 0.1) is 5.92 Å². The van der Waals surface area contributed by atoms with Crippen molar-refractivity contribution < 1.29 is 18.7 Å². The normalized spacial score (nSPS) is 13.2. The Balaban J connectivity index is 2.56. The van der Waals surface area contributed by atoms with E-state index in [1.807, 2.05) is 20.8 Å². The zero-order valence-electron chi connectivity index (χ0n) is 10.6. The third-order valence-electron chi connectivity index (χ3n) is 2.12. The Morgan fingerprint density at radius 2 is 2.12 bits per heavy atom. The zero-order chi connectivity index (χ0) is 13.1. The molecule has 0 spiro atoms. The van der Waals surface area contributed by atoms with Gasteiger partial charge in [0, 0.05) is 6.42 Å². The van der Waals surface area contributed by atoms with E-state index in [0.29, 0.717) is 18.5 Å². The van der Waals surface area contributed by atoms with Gasteiger partial charge in [-0.3, -0.25) is 9.59 Å². The van der Waals surface area contributed by atoms with Crippen LogP contribution in [0.1, 0.15) is 44.0 Å². The number of hydrogen-bond acceptors (Lipinski definition) is 4. The molecule has 0 aliphatic heterocycles. The molecule has 1 heterocycles. The van der Waals surface area contributed by atoms with Crippen LogP contribution >= 0.6 is 0 Å². The number of carbonyl (C=O) groups is 2. The molecule has 0 saturated heterocycles. The Morgan fingerprint density at radius 3 is 2.59 bits per heavy atom. The smallest absolute Gasteiger partial charge is 0.309 e. The summed E-state index contributed by atoms with van der Waals surface area (Å²) in [7, 11) is 0. The molecule has 4 nitrogen and oxygen atoms in total. The third kappa shape index (κ3) is 4.43. The van der Waals surface area contributed by atoms with E-state index in [0.717, 1.165) is 0 Å². The van der Waals surface area contributed by atoms with Crippen molar-refractivity contribution in [1.29, 1.82) is 0 Å². The van der Waals surface area contributed by atoms with Crippen molar-refractivity contribution in [1.82, 2.24) is 0 Å². The minimum atomic E-state index is -0.484. The first kappa shape index (κ1) is 13.5. The van der Waals surface area contributed by atoms with E-state index >= 15 is 0 Å². The van der Waals surface area contributed by atoms with Crippen molar-refractivity contribution in [3.05, 3.63) is 23.7 Å². The minimum Gasteiger partial charge on any atom is -0.460 e. The number of aldehydes is 1. The summed E-state index contributed by atoms with van der Waals surface area (Å²) in [5.41, 5.74) is -0.484. The van der Waals surface area contributed by atoms with Crippen molar-refractivity contribution in [2.45, 2.75) is 39.7 Å². The van der Waals surface area contributed by atoms with Gasteiger partial charge >= 0.3 is 5.97 Å². The predicted molar refractivity (Wildman–Crippen MR) is 62.8 cm³/mol. The summed E-state index contributed by atoms with van der Waals surface area (Å²) < 4.78 is 10.5. The van der Waals surface area contributed by atoms with Crippen LogP contribution in [0.2, 0.25) is 0 Å². The van der Waals surface area contributed by atoms with Crippen LogP contribution in [-0.2, 0) is 16.0 Å². The van der Waals surface area contributed by atoms with Gasteiger partial charge in [0.1, 0.15) is 11.4 Å². The second kappa shape index (κ2) is 5.17. The first-order valence-electron chi connectivity index (χ1n) is 5.58. The standard InChI is InChI=1S/C13H18O4/c1-9(12(15)17-13(2,3)4)7-10-5-6-11(8-14)16-10/h5-6,8-9H,7H2,1-4H3. The summed E-state index contributed by atoms with van der Waals surface area (Å²) in [4.78, 5) is 22.1. The molecule has 4 heteroatoms. The van der Waals surface area contributed by atoms with Crippen LogP contribution in [0.25, 0.3) is 0 Å². The topological polar surface area (TPSA) is 56.5 Å². The molecule has 0 radical (unpaired) electrons. The fraction of sp³-hybridized carbons (Fsp3) is 0.538. The van der Waals surface area contributed by atoms with Gasteiger partial charge in [0.15, 0.2) is 12.0 Å². The molecule has 17 heavy (non-hydrogen) atoms. The second-order valence-electron chi connectivity index (χ2n) is 5.06. The molecular weight excluding hydrogens is 220 g/mol. The van der Waals surface area contributed by atoms with E-state index in [2.05, 4.69) is 0 Å². The number of esters is 1. The molecule has 0 N–H and O–H groups in total. The quantitative estimate of drug-likeness (QED) is 0.597. The summed E-state index contributed by atoms with van der Waals surface area (Å²) >= 11 is 0. The van der Waals surface area contributed by atoms with Crippen molar-refractivity contribution in [2.75, 3.05) is 0 Å². The van der Waals surface area contributed by atoms with Gasteiger partial charge in [-0.2, -0.15) is 0 Å². The van der Waals surface area contributed by atoms with Gasteiger partial charge in [-0.05, 0) is 32.9 Å². The van der Waals surface area contributed by atoms with Gasteiger partial charge in [0.25, 0.3) is 0 Å². The lowest BCUT2D eigenvalue weighted by molar-refractivity contribution is -0.159. The molecular formula is C13H18O4. The number of carbonyl (C=O) groups excluding carboxylic acids is 2. The molecule has 1 unspecified atom stereocenters. The van der Waals surface area contributed by atoms with Crippen molar-refractivity contribution >= 4 is 12.3 Å². The van der Waals surface area contributed by atoms with E-state index in [1.54, 1.807) is 19.1 Å². The van der Waals surface area contributed by atoms with E-state index in [9.17, 15) is 9.59 Å². The summed E-state index contributed by atoms with van der Waals surface area (Å²) in [6, 6.07) is 3.29. The Hall–Kier alpha value is -1.58. The highest BCUT2D eigenvalue weighted by Crippen LogP contribution is 2.16. The van der Waals surface area contributed by atoms with Gasteiger partial charge in [-0.15, -0.1) is 0 Å². The molecule has 0 fully saturated rings. The molecule has 1 rings (SSSR count). The monoisotopic (exact) mass is 238 g/mol. The van der Waals surface area contributed by atoms with Gasteiger partial charge in [-0.1, -0.05) is 6.92 Å². The Morgan fingerprint density at radius 1 is 1.47 bits per heavy atom. The molecule has 0 bridgehead atoms. The van der Waals surface area contributed by atoms with Gasteiger partial charge in [0.05, 0.1) is 5.92 Å². The van der Waals surface area contributed by atoms with Crippen LogP contribution < -0.4 is 0 Å². The lowest BCUT2D eigenvalue weighted by Gasteiger charge is -2.21. The first-order valence-corrected chi connectivity index (χ1v) is 5.58. The summed E-state index contributed by atoms with van der Waals surface area (Å²) in [5, 5.41) is 0. The highest BCUT2D eigenvalue weighted by molar-refractivity contribution is 5.73. The first-order chi connectivity index (χ1) is 7.81. The van der Waals surface area contributed by atoms with Crippen molar-refractivity contribution in [2.24, 2.45) is 5.92 Å². The molecule has 0 saturated carbocycles. The largest absolute Gasteiger partial charge is 0.460 e. The average molecular weight is 238 g/mol. The average Bonchev–Trinajstić information content (AvgIpc) is 2.62. The number of hydrogen-bond donors (Lipinski definition) is 0. The molecule has 1 aromatic rings. The lowest BCUT2D eigenvalue weighted by Crippen LogP contribution is -2.28. The Bertz CT molecular complexity index is 398. The SMILES string of the molecule is CC(Cc1ccc(C=O)o1)C(=O)OC(C)(C)C. The van der Waals surface area contributed by atoms with Crippen molar-refractivity contribution in [3.8, 4) is 0 Å². The molecule has 0 aliphatic rings. The number of ether oxygens (including phenoxy) is 1. The molecule has 94 valence electrons. The zero-order valence-corrected chi connectivity index (χ0v) is 10.6. The Kier molecular flexibility index (Phi) is 4.10. The molecule has 0 amide bonds. The van der Waals surface area contributed by atoms with Gasteiger partial charge in [0.2, 0.25) is 0 Å². The molecule has 1 aromatic heterocycles. The Labute approximate surface area is 101 Å². The molecule has 0 aliphatic carbocycles. The van der Waals surface area contributed by atoms with Crippen LogP contribution in [0.15, 0.2) is 16.5 Å². The van der Waals surface area contributed by atoms with Gasteiger partial charge in [-0.25, -0.2) is 0 Å². The van der Waals surface area contributed by atoms with E-state index in [4.69, 9.17) is 9.15 Å². The van der Waals surface area contributed by atoms with Crippen LogP contribution in [0.3, 0.4) is 0 Å². The van der Waals surface area contributed by atoms with E-state index < -0.39 is 5.60 Å². The predicted octanol–water partition coefficient (Wildman–Crippen LogP) is 2.61.